The molecule has 0 amide bonds. The van der Waals surface area contributed by atoms with Crippen LogP contribution in [-0.2, 0) is 6.42 Å². The van der Waals surface area contributed by atoms with Gasteiger partial charge in [-0.2, -0.15) is 5.06 Å². The average Bonchev–Trinajstić information content (AvgIpc) is 2.19. The molecule has 2 nitrogen and oxygen atoms in total. The number of rotatable bonds is 2. The second-order valence-electron chi connectivity index (χ2n) is 4.11. The van der Waals surface area contributed by atoms with Crippen molar-refractivity contribution in [2.45, 2.75) is 19.3 Å². The Balaban J connectivity index is 1.91. The number of hydrogen-bond donors (Lipinski definition) is 1. The van der Waals surface area contributed by atoms with Gasteiger partial charge in [0, 0.05) is 13.1 Å². The van der Waals surface area contributed by atoms with E-state index in [2.05, 4.69) is 24.3 Å². The van der Waals surface area contributed by atoms with Crippen LogP contribution in [0, 0.1) is 5.92 Å². The summed E-state index contributed by atoms with van der Waals surface area (Å²) in [4.78, 5) is 0. The van der Waals surface area contributed by atoms with Crippen molar-refractivity contribution in [1.82, 2.24) is 5.06 Å². The molecule has 0 saturated carbocycles. The van der Waals surface area contributed by atoms with Gasteiger partial charge in [0.2, 0.25) is 0 Å². The summed E-state index contributed by atoms with van der Waals surface area (Å²) in [5.41, 5.74) is 1.38. The predicted molar refractivity (Wildman–Crippen MR) is 56.2 cm³/mol. The van der Waals surface area contributed by atoms with E-state index in [1.807, 2.05) is 6.07 Å². The van der Waals surface area contributed by atoms with Crippen LogP contribution in [0.5, 0.6) is 0 Å². The van der Waals surface area contributed by atoms with Crippen molar-refractivity contribution in [1.29, 1.82) is 0 Å². The smallest absolute Gasteiger partial charge is 0.0269 e. The number of nitrogens with zero attached hydrogens (tertiary/aromatic N) is 1. The Bertz CT molecular complexity index is 273. The van der Waals surface area contributed by atoms with E-state index in [0.717, 1.165) is 25.9 Å². The molecule has 1 aliphatic rings. The molecule has 1 heterocycles. The summed E-state index contributed by atoms with van der Waals surface area (Å²) >= 11 is 0. The number of benzene rings is 1. The zero-order chi connectivity index (χ0) is 9.80. The van der Waals surface area contributed by atoms with E-state index in [1.54, 1.807) is 0 Å². The van der Waals surface area contributed by atoms with Crippen molar-refractivity contribution in [2.24, 2.45) is 5.92 Å². The molecule has 1 fully saturated rings. The lowest BCUT2D eigenvalue weighted by Crippen LogP contribution is -2.33. The first-order chi connectivity index (χ1) is 6.84. The second kappa shape index (κ2) is 4.58. The van der Waals surface area contributed by atoms with E-state index in [9.17, 15) is 5.21 Å². The predicted octanol–water partition coefficient (Wildman–Crippen LogP) is 2.33. The first kappa shape index (κ1) is 9.69. The third-order valence-electron chi connectivity index (χ3n) is 2.86. The van der Waals surface area contributed by atoms with Crippen LogP contribution in [0.4, 0.5) is 0 Å². The second-order valence-corrected chi connectivity index (χ2v) is 4.11. The van der Waals surface area contributed by atoms with E-state index in [0.29, 0.717) is 5.92 Å². The average molecular weight is 191 g/mol. The summed E-state index contributed by atoms with van der Waals surface area (Å²) in [5.74, 6) is 0.621. The lowest BCUT2D eigenvalue weighted by molar-refractivity contribution is -0.117. The van der Waals surface area contributed by atoms with Gasteiger partial charge in [0.25, 0.3) is 0 Å². The van der Waals surface area contributed by atoms with E-state index < -0.39 is 0 Å². The maximum atomic E-state index is 9.39. The summed E-state index contributed by atoms with van der Waals surface area (Å²) in [5, 5.41) is 10.8. The normalized spacial score (nSPS) is 23.6. The van der Waals surface area contributed by atoms with Crippen LogP contribution in [0.2, 0.25) is 0 Å². The highest BCUT2D eigenvalue weighted by molar-refractivity contribution is 5.15. The zero-order valence-corrected chi connectivity index (χ0v) is 8.39. The minimum absolute atomic E-state index is 0.621. The fourth-order valence-electron chi connectivity index (χ4n) is 2.16. The van der Waals surface area contributed by atoms with Crippen molar-refractivity contribution in [3.05, 3.63) is 35.9 Å². The first-order valence-electron chi connectivity index (χ1n) is 5.32. The maximum absolute atomic E-state index is 9.39. The molecule has 2 heteroatoms. The van der Waals surface area contributed by atoms with Gasteiger partial charge < -0.3 is 5.21 Å². The molecule has 1 unspecified atom stereocenters. The SMILES string of the molecule is ON1CCCC(Cc2ccccc2)C1. The number of hydrogen-bond acceptors (Lipinski definition) is 2. The Morgan fingerprint density at radius 3 is 2.79 bits per heavy atom. The molecule has 0 aliphatic carbocycles. The standard InChI is InChI=1S/C12H17NO/c14-13-8-4-7-12(10-13)9-11-5-2-1-3-6-11/h1-3,5-6,12,14H,4,7-10H2. The van der Waals surface area contributed by atoms with Gasteiger partial charge in [0.1, 0.15) is 0 Å². The first-order valence-corrected chi connectivity index (χ1v) is 5.32. The summed E-state index contributed by atoms with van der Waals surface area (Å²) in [6, 6.07) is 10.5. The molecule has 76 valence electrons. The molecule has 14 heavy (non-hydrogen) atoms. The van der Waals surface area contributed by atoms with Crippen molar-refractivity contribution in [3.63, 3.8) is 0 Å². The highest BCUT2D eigenvalue weighted by atomic mass is 16.5. The summed E-state index contributed by atoms with van der Waals surface area (Å²) in [6.45, 7) is 1.67. The molecule has 1 saturated heterocycles. The van der Waals surface area contributed by atoms with E-state index in [1.165, 1.54) is 17.0 Å². The molecule has 1 aliphatic heterocycles. The van der Waals surface area contributed by atoms with E-state index in [4.69, 9.17) is 0 Å². The van der Waals surface area contributed by atoms with Gasteiger partial charge in [-0.05, 0) is 30.7 Å². The van der Waals surface area contributed by atoms with Crippen LogP contribution in [0.3, 0.4) is 0 Å². The zero-order valence-electron chi connectivity index (χ0n) is 8.39. The van der Waals surface area contributed by atoms with E-state index in [-0.39, 0.29) is 0 Å². The van der Waals surface area contributed by atoms with Crippen LogP contribution in [-0.4, -0.2) is 23.4 Å². The Kier molecular flexibility index (Phi) is 3.17. The molecule has 0 bridgehead atoms. The van der Waals surface area contributed by atoms with Crippen LogP contribution in [0.1, 0.15) is 18.4 Å². The monoisotopic (exact) mass is 191 g/mol. The lowest BCUT2D eigenvalue weighted by Gasteiger charge is -2.28. The van der Waals surface area contributed by atoms with Gasteiger partial charge in [-0.1, -0.05) is 30.3 Å². The minimum atomic E-state index is 0.621. The van der Waals surface area contributed by atoms with Gasteiger partial charge >= 0.3 is 0 Å². The summed E-state index contributed by atoms with van der Waals surface area (Å²) < 4.78 is 0. The molecule has 0 radical (unpaired) electrons. The third-order valence-corrected chi connectivity index (χ3v) is 2.86. The Morgan fingerprint density at radius 2 is 2.07 bits per heavy atom. The van der Waals surface area contributed by atoms with Crippen molar-refractivity contribution >= 4 is 0 Å². The molecular formula is C12H17NO. The Morgan fingerprint density at radius 1 is 1.29 bits per heavy atom. The lowest BCUT2D eigenvalue weighted by atomic mass is 9.92. The molecule has 1 aromatic carbocycles. The largest absolute Gasteiger partial charge is 0.314 e. The molecule has 0 aromatic heterocycles. The number of piperidine rings is 1. The van der Waals surface area contributed by atoms with Crippen molar-refractivity contribution < 1.29 is 5.21 Å². The fraction of sp³-hybridized carbons (Fsp3) is 0.500. The van der Waals surface area contributed by atoms with Crippen LogP contribution in [0.25, 0.3) is 0 Å². The van der Waals surface area contributed by atoms with Crippen LogP contribution >= 0.6 is 0 Å². The fourth-order valence-corrected chi connectivity index (χ4v) is 2.16. The molecule has 2 rings (SSSR count). The van der Waals surface area contributed by atoms with Gasteiger partial charge in [0.05, 0.1) is 0 Å². The maximum Gasteiger partial charge on any atom is 0.0269 e. The highest BCUT2D eigenvalue weighted by Crippen LogP contribution is 2.19. The van der Waals surface area contributed by atoms with Gasteiger partial charge in [-0.15, -0.1) is 0 Å². The summed E-state index contributed by atoms with van der Waals surface area (Å²) in [6.07, 6.45) is 3.46. The minimum Gasteiger partial charge on any atom is -0.314 e. The number of hydroxylamine groups is 2. The molecular weight excluding hydrogens is 174 g/mol. The van der Waals surface area contributed by atoms with E-state index >= 15 is 0 Å². The van der Waals surface area contributed by atoms with Crippen molar-refractivity contribution in [3.8, 4) is 0 Å². The molecule has 1 aromatic rings. The molecule has 1 N–H and O–H groups in total. The summed E-state index contributed by atoms with van der Waals surface area (Å²) in [7, 11) is 0. The third kappa shape index (κ3) is 2.56. The van der Waals surface area contributed by atoms with Crippen LogP contribution < -0.4 is 0 Å². The molecule has 0 spiro atoms. The van der Waals surface area contributed by atoms with Gasteiger partial charge in [0.15, 0.2) is 0 Å². The molecule has 1 atom stereocenters. The van der Waals surface area contributed by atoms with Gasteiger partial charge in [-0.3, -0.25) is 0 Å². The quantitative estimate of drug-likeness (QED) is 0.775. The highest BCUT2D eigenvalue weighted by Gasteiger charge is 2.18. The Labute approximate surface area is 85.1 Å². The van der Waals surface area contributed by atoms with Crippen molar-refractivity contribution in [2.75, 3.05) is 13.1 Å². The van der Waals surface area contributed by atoms with Gasteiger partial charge in [-0.25, -0.2) is 0 Å². The Hall–Kier alpha value is -0.860. The van der Waals surface area contributed by atoms with Crippen LogP contribution in [0.15, 0.2) is 30.3 Å². The topological polar surface area (TPSA) is 23.5 Å².